The third-order valence-electron chi connectivity index (χ3n) is 3.77. The SMILES string of the molecule is COCC(CCN)NC(=O)C1C(C)OC(C)C1C. The Bertz CT molecular complexity index is 267. The number of nitrogens with one attached hydrogen (secondary N) is 1. The molecule has 18 heavy (non-hydrogen) atoms. The summed E-state index contributed by atoms with van der Waals surface area (Å²) < 4.78 is 10.8. The predicted molar refractivity (Wildman–Crippen MR) is 70.1 cm³/mol. The van der Waals surface area contributed by atoms with Crippen molar-refractivity contribution in [1.82, 2.24) is 5.32 Å². The van der Waals surface area contributed by atoms with Crippen LogP contribution in [0.1, 0.15) is 27.2 Å². The van der Waals surface area contributed by atoms with Gasteiger partial charge in [-0.05, 0) is 32.7 Å². The Morgan fingerprint density at radius 2 is 2.06 bits per heavy atom. The van der Waals surface area contributed by atoms with Gasteiger partial charge in [-0.1, -0.05) is 6.92 Å². The van der Waals surface area contributed by atoms with E-state index in [2.05, 4.69) is 12.2 Å². The van der Waals surface area contributed by atoms with Gasteiger partial charge in [0, 0.05) is 7.11 Å². The number of ether oxygens (including phenoxy) is 2. The van der Waals surface area contributed by atoms with Gasteiger partial charge in [-0.3, -0.25) is 4.79 Å². The lowest BCUT2D eigenvalue weighted by atomic mass is 9.88. The summed E-state index contributed by atoms with van der Waals surface area (Å²) in [5, 5.41) is 3.02. The number of nitrogens with two attached hydrogens (primary N) is 1. The second kappa shape index (κ2) is 7.07. The highest BCUT2D eigenvalue weighted by Crippen LogP contribution is 2.32. The highest BCUT2D eigenvalue weighted by Gasteiger charge is 2.41. The van der Waals surface area contributed by atoms with Gasteiger partial charge in [0.05, 0.1) is 30.8 Å². The van der Waals surface area contributed by atoms with Crippen molar-refractivity contribution in [2.24, 2.45) is 17.6 Å². The van der Waals surface area contributed by atoms with E-state index in [-0.39, 0.29) is 36.0 Å². The second-order valence-corrected chi connectivity index (χ2v) is 5.17. The van der Waals surface area contributed by atoms with Crippen LogP contribution in [0.4, 0.5) is 0 Å². The molecule has 5 nitrogen and oxygen atoms in total. The molecule has 1 heterocycles. The van der Waals surface area contributed by atoms with Gasteiger partial charge in [0.1, 0.15) is 0 Å². The topological polar surface area (TPSA) is 73.6 Å². The van der Waals surface area contributed by atoms with Gasteiger partial charge < -0.3 is 20.5 Å². The van der Waals surface area contributed by atoms with E-state index < -0.39 is 0 Å². The molecular formula is C13H26N2O3. The largest absolute Gasteiger partial charge is 0.383 e. The Kier molecular flexibility index (Phi) is 6.05. The van der Waals surface area contributed by atoms with Crippen LogP contribution in [-0.4, -0.2) is 44.4 Å². The van der Waals surface area contributed by atoms with Crippen LogP contribution in [0.25, 0.3) is 0 Å². The molecule has 3 N–H and O–H groups in total. The average Bonchev–Trinajstić information content (AvgIpc) is 2.53. The standard InChI is InChI=1S/C13H26N2O3/c1-8-9(2)18-10(3)12(8)13(16)15-11(5-6-14)7-17-4/h8-12H,5-7,14H2,1-4H3,(H,15,16). The molecule has 5 atom stereocenters. The molecule has 0 spiro atoms. The Hall–Kier alpha value is -0.650. The maximum Gasteiger partial charge on any atom is 0.226 e. The molecule has 1 aliphatic heterocycles. The minimum atomic E-state index is -0.0860. The van der Waals surface area contributed by atoms with Gasteiger partial charge in [0.2, 0.25) is 5.91 Å². The zero-order chi connectivity index (χ0) is 13.7. The highest BCUT2D eigenvalue weighted by atomic mass is 16.5. The van der Waals surface area contributed by atoms with E-state index in [0.717, 1.165) is 6.42 Å². The smallest absolute Gasteiger partial charge is 0.226 e. The first-order valence-electron chi connectivity index (χ1n) is 6.66. The molecule has 5 unspecified atom stereocenters. The molecule has 0 bridgehead atoms. The normalized spacial score (nSPS) is 33.4. The molecule has 1 fully saturated rings. The Morgan fingerprint density at radius 3 is 2.50 bits per heavy atom. The van der Waals surface area contributed by atoms with Crippen molar-refractivity contribution in [3.8, 4) is 0 Å². The first kappa shape index (κ1) is 15.4. The van der Waals surface area contributed by atoms with Crippen molar-refractivity contribution in [2.75, 3.05) is 20.3 Å². The van der Waals surface area contributed by atoms with E-state index in [9.17, 15) is 4.79 Å². The molecule has 1 aliphatic rings. The average molecular weight is 258 g/mol. The van der Waals surface area contributed by atoms with Gasteiger partial charge in [0.15, 0.2) is 0 Å². The van der Waals surface area contributed by atoms with Crippen molar-refractivity contribution in [3.05, 3.63) is 0 Å². The summed E-state index contributed by atoms with van der Waals surface area (Å²) in [5.74, 6) is 0.202. The van der Waals surface area contributed by atoms with Crippen LogP contribution in [-0.2, 0) is 14.3 Å². The van der Waals surface area contributed by atoms with Crippen LogP contribution in [0.3, 0.4) is 0 Å². The Morgan fingerprint density at radius 1 is 1.39 bits per heavy atom. The molecule has 0 aliphatic carbocycles. The molecule has 0 aromatic heterocycles. The minimum Gasteiger partial charge on any atom is -0.383 e. The van der Waals surface area contributed by atoms with Gasteiger partial charge in [-0.2, -0.15) is 0 Å². The number of hydrogen-bond donors (Lipinski definition) is 2. The molecule has 1 rings (SSSR count). The fourth-order valence-corrected chi connectivity index (χ4v) is 2.62. The van der Waals surface area contributed by atoms with Gasteiger partial charge in [-0.25, -0.2) is 0 Å². The van der Waals surface area contributed by atoms with Crippen molar-refractivity contribution in [2.45, 2.75) is 45.4 Å². The summed E-state index contributed by atoms with van der Waals surface area (Å²) in [5.41, 5.74) is 5.53. The molecule has 0 saturated carbocycles. The zero-order valence-corrected chi connectivity index (χ0v) is 11.8. The molecule has 0 aromatic rings. The van der Waals surface area contributed by atoms with Crippen molar-refractivity contribution in [1.29, 1.82) is 0 Å². The fraction of sp³-hybridized carbons (Fsp3) is 0.923. The predicted octanol–water partition coefficient (Wildman–Crippen LogP) is 0.526. The molecule has 1 amide bonds. The Labute approximate surface area is 109 Å². The quantitative estimate of drug-likeness (QED) is 0.728. The number of hydrogen-bond acceptors (Lipinski definition) is 4. The maximum atomic E-state index is 12.3. The van der Waals surface area contributed by atoms with E-state index in [0.29, 0.717) is 13.2 Å². The number of amides is 1. The Balaban J connectivity index is 2.57. The van der Waals surface area contributed by atoms with E-state index >= 15 is 0 Å². The van der Waals surface area contributed by atoms with E-state index in [1.54, 1.807) is 7.11 Å². The minimum absolute atomic E-state index is 0.0113. The van der Waals surface area contributed by atoms with Gasteiger partial charge in [-0.15, -0.1) is 0 Å². The van der Waals surface area contributed by atoms with Crippen LogP contribution < -0.4 is 11.1 Å². The first-order chi connectivity index (χ1) is 8.51. The van der Waals surface area contributed by atoms with Crippen LogP contribution in [0.2, 0.25) is 0 Å². The van der Waals surface area contributed by atoms with Crippen LogP contribution >= 0.6 is 0 Å². The summed E-state index contributed by atoms with van der Waals surface area (Å²) in [6.07, 6.45) is 0.827. The lowest BCUT2D eigenvalue weighted by molar-refractivity contribution is -0.128. The number of rotatable bonds is 6. The van der Waals surface area contributed by atoms with Crippen LogP contribution in [0.15, 0.2) is 0 Å². The van der Waals surface area contributed by atoms with E-state index in [1.807, 2.05) is 13.8 Å². The first-order valence-corrected chi connectivity index (χ1v) is 6.66. The number of carbonyl (C=O) groups is 1. The number of methoxy groups -OCH3 is 1. The lowest BCUT2D eigenvalue weighted by Gasteiger charge is -2.23. The third-order valence-corrected chi connectivity index (χ3v) is 3.77. The lowest BCUT2D eigenvalue weighted by Crippen LogP contribution is -2.45. The van der Waals surface area contributed by atoms with Gasteiger partial charge in [0.25, 0.3) is 0 Å². The van der Waals surface area contributed by atoms with Crippen molar-refractivity contribution < 1.29 is 14.3 Å². The molecular weight excluding hydrogens is 232 g/mol. The fourth-order valence-electron chi connectivity index (χ4n) is 2.62. The summed E-state index contributed by atoms with van der Waals surface area (Å²) in [6, 6.07) is -0.0113. The molecule has 1 saturated heterocycles. The van der Waals surface area contributed by atoms with Crippen LogP contribution in [0, 0.1) is 11.8 Å². The summed E-state index contributed by atoms with van der Waals surface area (Å²) in [7, 11) is 1.63. The summed E-state index contributed by atoms with van der Waals surface area (Å²) in [4.78, 5) is 12.3. The molecule has 0 radical (unpaired) electrons. The summed E-state index contributed by atoms with van der Waals surface area (Å²) >= 11 is 0. The third kappa shape index (κ3) is 3.67. The number of carbonyl (C=O) groups excluding carboxylic acids is 1. The molecule has 0 aromatic carbocycles. The molecule has 5 heteroatoms. The highest BCUT2D eigenvalue weighted by molar-refractivity contribution is 5.80. The monoisotopic (exact) mass is 258 g/mol. The molecule has 106 valence electrons. The maximum absolute atomic E-state index is 12.3. The van der Waals surface area contributed by atoms with E-state index in [4.69, 9.17) is 15.2 Å². The van der Waals surface area contributed by atoms with Gasteiger partial charge >= 0.3 is 0 Å². The van der Waals surface area contributed by atoms with Crippen molar-refractivity contribution >= 4 is 5.91 Å². The van der Waals surface area contributed by atoms with Crippen molar-refractivity contribution in [3.63, 3.8) is 0 Å². The zero-order valence-electron chi connectivity index (χ0n) is 11.8. The van der Waals surface area contributed by atoms with Crippen LogP contribution in [0.5, 0.6) is 0 Å². The van der Waals surface area contributed by atoms with E-state index in [1.165, 1.54) is 0 Å². The summed E-state index contributed by atoms with van der Waals surface area (Å²) in [6.45, 7) is 7.07. The second-order valence-electron chi connectivity index (χ2n) is 5.17.